The fourth-order valence-electron chi connectivity index (χ4n) is 11.5. The summed E-state index contributed by atoms with van der Waals surface area (Å²) in [6, 6.07) is -0.983. The van der Waals surface area contributed by atoms with E-state index in [1.165, 1.54) is 148 Å². The molecule has 548 valence electrons. The van der Waals surface area contributed by atoms with E-state index >= 15 is 0 Å². The van der Waals surface area contributed by atoms with E-state index in [1.54, 1.807) is 6.08 Å². The highest BCUT2D eigenvalue weighted by atomic mass is 16.7. The number of hydrogen-bond donors (Lipinski definition) is 9. The Morgan fingerprint density at radius 2 is 0.729 bits per heavy atom. The number of rotatable bonds is 61. The van der Waals surface area contributed by atoms with Crippen molar-refractivity contribution in [2.24, 2.45) is 0 Å². The standard InChI is InChI=1S/C82H137NO13/c1-3-5-7-9-11-13-15-17-19-21-23-25-27-29-31-33-34-35-36-38-39-41-43-45-47-49-51-53-55-57-59-61-63-65-71(86)70(69-93-81-79(92)77(90)80(73(68-85)95-81)96-82-78(91)76(89)75(88)72(67-84)94-82)83-74(87)66-64-62-60-58-56-54-52-50-48-46-44-42-40-37-32-30-28-26-24-22-20-18-16-14-12-10-8-6-4-2/h6,8,12,14,18,20,24,26,30,32,40,42,46-49,52,54-55,57-58,60,63,65,70-73,75-82,84-86,88-92H,3-5,7,9-11,13,15-17,19,21-23,25,27-29,31,33-39,41,43-45,50-51,53,56,59,61-62,64,66-69H2,1-2H3,(H,83,87)/b8-6-,14-12-,20-18-,26-24-,32-30-,42-40-,48-46-,49-47+,54-52-,57-55+,60-58-,65-63+. The molecule has 2 heterocycles. The molecule has 14 heteroatoms. The fraction of sp³-hybridized carbons (Fsp3) is 0.695. The molecule has 0 aliphatic carbocycles. The molecule has 14 nitrogen and oxygen atoms in total. The maximum absolute atomic E-state index is 13.3. The molecule has 96 heavy (non-hydrogen) atoms. The van der Waals surface area contributed by atoms with Crippen LogP contribution in [0.4, 0.5) is 0 Å². The van der Waals surface area contributed by atoms with Crippen LogP contribution in [0.2, 0.25) is 0 Å². The Bertz CT molecular complexity index is 2180. The minimum Gasteiger partial charge on any atom is -0.394 e. The fourth-order valence-corrected chi connectivity index (χ4v) is 11.5. The number of ether oxygens (including phenoxy) is 4. The van der Waals surface area contributed by atoms with Crippen LogP contribution in [-0.2, 0) is 23.7 Å². The van der Waals surface area contributed by atoms with Crippen molar-refractivity contribution >= 4 is 5.91 Å². The van der Waals surface area contributed by atoms with Crippen molar-refractivity contribution in [3.05, 3.63) is 146 Å². The van der Waals surface area contributed by atoms with Gasteiger partial charge in [0.05, 0.1) is 32.0 Å². The van der Waals surface area contributed by atoms with E-state index in [-0.39, 0.29) is 18.9 Å². The van der Waals surface area contributed by atoms with Gasteiger partial charge in [0.15, 0.2) is 12.6 Å². The number of aliphatic hydroxyl groups excluding tert-OH is 8. The summed E-state index contributed by atoms with van der Waals surface area (Å²) in [5.74, 6) is -0.315. The second-order valence-corrected chi connectivity index (χ2v) is 26.0. The van der Waals surface area contributed by atoms with Gasteiger partial charge in [-0.05, 0) is 109 Å². The lowest BCUT2D eigenvalue weighted by molar-refractivity contribution is -0.359. The molecule has 2 aliphatic heterocycles. The van der Waals surface area contributed by atoms with Crippen molar-refractivity contribution in [2.45, 2.75) is 344 Å². The predicted molar refractivity (Wildman–Crippen MR) is 396 cm³/mol. The zero-order valence-corrected chi connectivity index (χ0v) is 59.8. The summed E-state index contributed by atoms with van der Waals surface area (Å²) in [6.07, 6.45) is 80.7. The molecule has 0 radical (unpaired) electrons. The van der Waals surface area contributed by atoms with Crippen LogP contribution < -0.4 is 5.32 Å². The van der Waals surface area contributed by atoms with E-state index < -0.39 is 86.8 Å². The molecule has 0 spiro atoms. The second-order valence-electron chi connectivity index (χ2n) is 26.0. The highest BCUT2D eigenvalue weighted by molar-refractivity contribution is 5.76. The van der Waals surface area contributed by atoms with Crippen molar-refractivity contribution < 1.29 is 64.6 Å². The topological polar surface area (TPSA) is 228 Å². The Balaban J connectivity index is 1.71. The van der Waals surface area contributed by atoms with Crippen molar-refractivity contribution in [3.63, 3.8) is 0 Å². The molecule has 0 saturated carbocycles. The van der Waals surface area contributed by atoms with Gasteiger partial charge in [-0.25, -0.2) is 0 Å². The lowest BCUT2D eigenvalue weighted by Gasteiger charge is -2.46. The van der Waals surface area contributed by atoms with Crippen LogP contribution in [0.25, 0.3) is 0 Å². The molecule has 9 N–H and O–H groups in total. The molecule has 12 unspecified atom stereocenters. The third-order valence-electron chi connectivity index (χ3n) is 17.5. The van der Waals surface area contributed by atoms with Gasteiger partial charge in [-0.2, -0.15) is 0 Å². The van der Waals surface area contributed by atoms with Crippen LogP contribution in [0.5, 0.6) is 0 Å². The Morgan fingerprint density at radius 3 is 1.15 bits per heavy atom. The third kappa shape index (κ3) is 47.0. The number of carbonyl (C=O) groups is 1. The number of carbonyl (C=O) groups excluding carboxylic acids is 1. The average Bonchev–Trinajstić information content (AvgIpc) is 0.854. The Labute approximate surface area is 583 Å². The monoisotopic (exact) mass is 1340 g/mol. The first-order valence-electron chi connectivity index (χ1n) is 38.1. The molecule has 2 saturated heterocycles. The zero-order chi connectivity index (χ0) is 69.4. The maximum Gasteiger partial charge on any atom is 0.220 e. The van der Waals surface area contributed by atoms with Gasteiger partial charge >= 0.3 is 0 Å². The normalized spacial score (nSPS) is 23.1. The molecular weight excluding hydrogens is 1210 g/mol. The molecule has 2 rings (SSSR count). The van der Waals surface area contributed by atoms with Crippen LogP contribution in [0.1, 0.15) is 271 Å². The van der Waals surface area contributed by atoms with Gasteiger partial charge in [-0.1, -0.05) is 301 Å². The summed E-state index contributed by atoms with van der Waals surface area (Å²) >= 11 is 0. The van der Waals surface area contributed by atoms with E-state index in [0.717, 1.165) is 83.5 Å². The Kier molecular flexibility index (Phi) is 58.9. The minimum absolute atomic E-state index is 0.180. The summed E-state index contributed by atoms with van der Waals surface area (Å²) in [7, 11) is 0. The summed E-state index contributed by atoms with van der Waals surface area (Å²) in [6.45, 7) is 2.64. The smallest absolute Gasteiger partial charge is 0.220 e. The first kappa shape index (κ1) is 88.0. The maximum atomic E-state index is 13.3. The van der Waals surface area contributed by atoms with Gasteiger partial charge < -0.3 is 65.1 Å². The highest BCUT2D eigenvalue weighted by Gasteiger charge is 2.51. The number of nitrogens with one attached hydrogen (secondary N) is 1. The lowest BCUT2D eigenvalue weighted by atomic mass is 9.97. The van der Waals surface area contributed by atoms with Crippen molar-refractivity contribution in [2.75, 3.05) is 19.8 Å². The van der Waals surface area contributed by atoms with Crippen molar-refractivity contribution in [1.82, 2.24) is 5.32 Å². The van der Waals surface area contributed by atoms with E-state index in [4.69, 9.17) is 18.9 Å². The van der Waals surface area contributed by atoms with Crippen molar-refractivity contribution in [1.29, 1.82) is 0 Å². The van der Waals surface area contributed by atoms with Crippen molar-refractivity contribution in [3.8, 4) is 0 Å². The molecule has 12 atom stereocenters. The summed E-state index contributed by atoms with van der Waals surface area (Å²) < 4.78 is 22.8. The van der Waals surface area contributed by atoms with Crippen LogP contribution >= 0.6 is 0 Å². The summed E-state index contributed by atoms with van der Waals surface area (Å²) in [4.78, 5) is 13.3. The second kappa shape index (κ2) is 64.3. The average molecular weight is 1340 g/mol. The molecule has 2 fully saturated rings. The SMILES string of the molecule is CC/C=C\C/C=C\C/C=C\C/C=C\C/C=C\C/C=C\C/C=C\C/C=C\C/C=C\CCCC(=O)NC(COC1OC(CO)C(OC2OC(CO)C(O)C(O)C2O)C(O)C1O)C(O)/C=C/CC/C=C/CC/C=C/CCCCCCCCCCCCCCCCCCCCCCCCC. The van der Waals surface area contributed by atoms with Crippen LogP contribution in [0.15, 0.2) is 146 Å². The third-order valence-corrected chi connectivity index (χ3v) is 17.5. The number of unbranched alkanes of at least 4 members (excludes halogenated alkanes) is 26. The highest BCUT2D eigenvalue weighted by Crippen LogP contribution is 2.30. The summed E-state index contributed by atoms with van der Waals surface area (Å²) in [5, 5.41) is 87.5. The zero-order valence-electron chi connectivity index (χ0n) is 59.8. The van der Waals surface area contributed by atoms with Gasteiger partial charge in [-0.15, -0.1) is 0 Å². The van der Waals surface area contributed by atoms with E-state index in [0.29, 0.717) is 19.3 Å². The minimum atomic E-state index is -1.81. The first-order chi connectivity index (χ1) is 47.1. The molecule has 0 aromatic rings. The number of aliphatic hydroxyl groups is 8. The lowest BCUT2D eigenvalue weighted by Crippen LogP contribution is -2.65. The number of allylic oxidation sites excluding steroid dienone is 23. The van der Waals surface area contributed by atoms with Gasteiger partial charge in [0.1, 0.15) is 48.8 Å². The number of amides is 1. The van der Waals surface area contributed by atoms with Crippen LogP contribution in [0.3, 0.4) is 0 Å². The first-order valence-corrected chi connectivity index (χ1v) is 38.1. The van der Waals surface area contributed by atoms with E-state index in [9.17, 15) is 45.6 Å². The molecule has 0 aromatic heterocycles. The van der Waals surface area contributed by atoms with E-state index in [2.05, 4.69) is 147 Å². The number of hydrogen-bond acceptors (Lipinski definition) is 13. The largest absolute Gasteiger partial charge is 0.394 e. The Morgan fingerprint density at radius 1 is 0.385 bits per heavy atom. The molecule has 1 amide bonds. The molecule has 0 aromatic carbocycles. The van der Waals surface area contributed by atoms with E-state index in [1.807, 2.05) is 12.2 Å². The molecule has 2 aliphatic rings. The van der Waals surface area contributed by atoms with Gasteiger partial charge in [0.2, 0.25) is 5.91 Å². The van der Waals surface area contributed by atoms with Gasteiger partial charge in [-0.3, -0.25) is 4.79 Å². The van der Waals surface area contributed by atoms with Gasteiger partial charge in [0, 0.05) is 6.42 Å². The van der Waals surface area contributed by atoms with Gasteiger partial charge in [0.25, 0.3) is 0 Å². The van der Waals surface area contributed by atoms with Crippen LogP contribution in [-0.4, -0.2) is 140 Å². The molecule has 0 bridgehead atoms. The predicted octanol–water partition coefficient (Wildman–Crippen LogP) is 16.8. The molecular formula is C82H137NO13. The van der Waals surface area contributed by atoms with Crippen LogP contribution in [0, 0.1) is 0 Å². The quantitative estimate of drug-likeness (QED) is 0.0204. The summed E-state index contributed by atoms with van der Waals surface area (Å²) in [5.41, 5.74) is 0. The Hall–Kier alpha value is -4.13.